The van der Waals surface area contributed by atoms with Crippen molar-refractivity contribution in [1.29, 1.82) is 0 Å². The van der Waals surface area contributed by atoms with Gasteiger partial charge in [0, 0.05) is 19.0 Å². The Morgan fingerprint density at radius 1 is 1.15 bits per heavy atom. The molecule has 0 spiro atoms. The summed E-state index contributed by atoms with van der Waals surface area (Å²) in [4.78, 5) is 6.37. The van der Waals surface area contributed by atoms with E-state index in [0.717, 1.165) is 56.2 Å². The molecule has 7 nitrogen and oxygen atoms in total. The summed E-state index contributed by atoms with van der Waals surface area (Å²) in [6.07, 6.45) is 5.30. The fraction of sp³-hybridized carbons (Fsp3) is 0.474. The predicted octanol–water partition coefficient (Wildman–Crippen LogP) is 2.46. The van der Waals surface area contributed by atoms with Crippen molar-refractivity contribution in [2.24, 2.45) is 0 Å². The lowest BCUT2D eigenvalue weighted by atomic mass is 9.95. The molecule has 1 fully saturated rings. The Hall–Kier alpha value is -2.61. The van der Waals surface area contributed by atoms with Crippen molar-refractivity contribution in [3.8, 4) is 0 Å². The van der Waals surface area contributed by atoms with E-state index in [0.29, 0.717) is 12.5 Å². The normalized spacial score (nSPS) is 16.1. The number of likely N-dealkylation sites (tertiary alicyclic amines) is 1. The molecular weight excluding hydrogens is 345 g/mol. The van der Waals surface area contributed by atoms with Crippen molar-refractivity contribution in [2.45, 2.75) is 45.3 Å². The molecule has 3 heterocycles. The van der Waals surface area contributed by atoms with Crippen molar-refractivity contribution in [3.63, 3.8) is 0 Å². The van der Waals surface area contributed by atoms with Gasteiger partial charge in [-0.05, 0) is 50.6 Å². The Bertz CT molecular complexity index is 866. The molecular formula is C19H24FN7. The molecule has 0 aliphatic carbocycles. The van der Waals surface area contributed by atoms with E-state index in [9.17, 15) is 4.39 Å². The Labute approximate surface area is 157 Å². The van der Waals surface area contributed by atoms with Gasteiger partial charge in [-0.2, -0.15) is 5.10 Å². The van der Waals surface area contributed by atoms with E-state index in [1.165, 1.54) is 12.4 Å². The molecule has 0 bridgehead atoms. The molecule has 1 aliphatic rings. The minimum atomic E-state index is -0.168. The summed E-state index contributed by atoms with van der Waals surface area (Å²) in [6.45, 7) is 6.31. The monoisotopic (exact) mass is 369 g/mol. The first-order valence-electron chi connectivity index (χ1n) is 9.44. The van der Waals surface area contributed by atoms with Crippen molar-refractivity contribution in [1.82, 2.24) is 34.4 Å². The molecule has 1 aromatic carbocycles. The summed E-state index contributed by atoms with van der Waals surface area (Å²) < 4.78 is 17.3. The Morgan fingerprint density at radius 2 is 2.00 bits per heavy atom. The average molecular weight is 369 g/mol. The van der Waals surface area contributed by atoms with Crippen molar-refractivity contribution < 1.29 is 4.39 Å². The molecule has 0 unspecified atom stereocenters. The van der Waals surface area contributed by atoms with Crippen LogP contribution in [0.2, 0.25) is 0 Å². The van der Waals surface area contributed by atoms with E-state index in [1.807, 2.05) is 6.07 Å². The van der Waals surface area contributed by atoms with Gasteiger partial charge in [0.25, 0.3) is 0 Å². The lowest BCUT2D eigenvalue weighted by Gasteiger charge is -2.31. The average Bonchev–Trinajstić information content (AvgIpc) is 3.32. The molecule has 4 rings (SSSR count). The van der Waals surface area contributed by atoms with E-state index in [2.05, 4.69) is 36.7 Å². The highest BCUT2D eigenvalue weighted by molar-refractivity contribution is 5.16. The summed E-state index contributed by atoms with van der Waals surface area (Å²) in [6, 6.07) is 6.87. The van der Waals surface area contributed by atoms with Gasteiger partial charge in [-0.25, -0.2) is 14.1 Å². The van der Waals surface area contributed by atoms with E-state index in [4.69, 9.17) is 0 Å². The van der Waals surface area contributed by atoms with Gasteiger partial charge < -0.3 is 4.57 Å². The van der Waals surface area contributed by atoms with Crippen LogP contribution in [-0.4, -0.2) is 47.5 Å². The van der Waals surface area contributed by atoms with Crippen LogP contribution in [0.4, 0.5) is 4.39 Å². The highest BCUT2D eigenvalue weighted by Crippen LogP contribution is 2.28. The number of aromatic nitrogens is 6. The number of halogens is 1. The number of rotatable bonds is 6. The molecule has 0 radical (unpaired) electrons. The zero-order valence-corrected chi connectivity index (χ0v) is 15.5. The van der Waals surface area contributed by atoms with Crippen LogP contribution in [0.15, 0.2) is 36.9 Å². The first-order chi connectivity index (χ1) is 13.2. The highest BCUT2D eigenvalue weighted by Gasteiger charge is 2.26. The van der Waals surface area contributed by atoms with Crippen LogP contribution in [-0.2, 0) is 19.6 Å². The summed E-state index contributed by atoms with van der Waals surface area (Å²) in [5.41, 5.74) is 1.03. The molecule has 0 amide bonds. The van der Waals surface area contributed by atoms with E-state index in [1.54, 1.807) is 23.1 Å². The number of hydrogen-bond donors (Lipinski definition) is 0. The minimum Gasteiger partial charge on any atom is -0.313 e. The van der Waals surface area contributed by atoms with Crippen molar-refractivity contribution >= 4 is 0 Å². The maximum Gasteiger partial charge on any atom is 0.154 e. The lowest BCUT2D eigenvalue weighted by molar-refractivity contribution is 0.200. The smallest absolute Gasteiger partial charge is 0.154 e. The van der Waals surface area contributed by atoms with E-state index in [-0.39, 0.29) is 5.82 Å². The van der Waals surface area contributed by atoms with Gasteiger partial charge in [-0.3, -0.25) is 4.90 Å². The molecule has 1 aliphatic heterocycles. The van der Waals surface area contributed by atoms with Crippen LogP contribution in [0.1, 0.15) is 42.9 Å². The van der Waals surface area contributed by atoms with Gasteiger partial charge in [0.05, 0.1) is 0 Å². The van der Waals surface area contributed by atoms with Gasteiger partial charge in [-0.1, -0.05) is 12.1 Å². The second kappa shape index (κ2) is 7.96. The number of nitrogens with zero attached hydrogens (tertiary/aromatic N) is 7. The van der Waals surface area contributed by atoms with Crippen LogP contribution >= 0.6 is 0 Å². The van der Waals surface area contributed by atoms with E-state index < -0.39 is 0 Å². The molecule has 8 heteroatoms. The Balaban J connectivity index is 1.40. The van der Waals surface area contributed by atoms with Gasteiger partial charge in [0.15, 0.2) is 5.82 Å². The standard InChI is InChI=1S/C19H24FN7/c1-2-27-18(12-26-14-21-13-22-26)23-24-19(27)16-6-8-25(9-7-16)11-15-4-3-5-17(20)10-15/h3-5,10,13-14,16H,2,6-9,11-12H2,1H3. The first kappa shape index (κ1) is 17.8. The zero-order valence-electron chi connectivity index (χ0n) is 15.5. The van der Waals surface area contributed by atoms with Crippen LogP contribution in [0.3, 0.4) is 0 Å². The third kappa shape index (κ3) is 4.05. The second-order valence-corrected chi connectivity index (χ2v) is 6.99. The third-order valence-electron chi connectivity index (χ3n) is 5.19. The maximum atomic E-state index is 13.4. The summed E-state index contributed by atoms with van der Waals surface area (Å²) in [7, 11) is 0. The predicted molar refractivity (Wildman–Crippen MR) is 98.5 cm³/mol. The molecule has 2 aromatic heterocycles. The molecule has 0 saturated carbocycles. The Morgan fingerprint density at radius 3 is 2.70 bits per heavy atom. The molecule has 0 N–H and O–H groups in total. The van der Waals surface area contributed by atoms with Crippen molar-refractivity contribution in [2.75, 3.05) is 13.1 Å². The van der Waals surface area contributed by atoms with Gasteiger partial charge in [0.2, 0.25) is 0 Å². The van der Waals surface area contributed by atoms with Crippen LogP contribution in [0.25, 0.3) is 0 Å². The fourth-order valence-electron chi connectivity index (χ4n) is 3.81. The maximum absolute atomic E-state index is 13.4. The zero-order chi connectivity index (χ0) is 18.6. The largest absolute Gasteiger partial charge is 0.313 e. The van der Waals surface area contributed by atoms with Crippen molar-refractivity contribution in [3.05, 3.63) is 59.9 Å². The molecule has 0 atom stereocenters. The van der Waals surface area contributed by atoms with Gasteiger partial charge >= 0.3 is 0 Å². The second-order valence-electron chi connectivity index (χ2n) is 6.99. The molecule has 3 aromatic rings. The molecule has 27 heavy (non-hydrogen) atoms. The fourth-order valence-corrected chi connectivity index (χ4v) is 3.81. The van der Waals surface area contributed by atoms with Crippen LogP contribution < -0.4 is 0 Å². The van der Waals surface area contributed by atoms with Crippen LogP contribution in [0.5, 0.6) is 0 Å². The van der Waals surface area contributed by atoms with Crippen LogP contribution in [0, 0.1) is 5.82 Å². The Kier molecular flexibility index (Phi) is 5.24. The molecule has 1 saturated heterocycles. The highest BCUT2D eigenvalue weighted by atomic mass is 19.1. The summed E-state index contributed by atoms with van der Waals surface area (Å²) in [5, 5.41) is 13.1. The molecule has 142 valence electrons. The van der Waals surface area contributed by atoms with E-state index >= 15 is 0 Å². The SMILES string of the molecule is CCn1c(Cn2cncn2)nnc1C1CCN(Cc2cccc(F)c2)CC1. The lowest BCUT2D eigenvalue weighted by Crippen LogP contribution is -2.33. The van der Waals surface area contributed by atoms with Gasteiger partial charge in [-0.15, -0.1) is 10.2 Å². The quantitative estimate of drug-likeness (QED) is 0.668. The first-order valence-corrected chi connectivity index (χ1v) is 9.44. The topological polar surface area (TPSA) is 64.7 Å². The number of benzene rings is 1. The minimum absolute atomic E-state index is 0.168. The number of hydrogen-bond acceptors (Lipinski definition) is 5. The number of piperidine rings is 1. The summed E-state index contributed by atoms with van der Waals surface area (Å²) >= 11 is 0. The summed E-state index contributed by atoms with van der Waals surface area (Å²) in [5.74, 6) is 2.22. The van der Waals surface area contributed by atoms with Gasteiger partial charge in [0.1, 0.15) is 30.8 Å². The third-order valence-corrected chi connectivity index (χ3v) is 5.19.